The fourth-order valence-corrected chi connectivity index (χ4v) is 10.8. The molecule has 0 N–H and O–H groups in total. The SMILES string of the molecule is C1=CCCC(C2=CC(c3nc(-c4ccccc4)nc(-c4cc(-c5ccccc5)c(-n5c6ccccc6c6c7c(ccc65)oc5ccccc57)c(C5C=CC=CC5)c4)n3)=CC(c3ccccc3)C2)=C1. The van der Waals surface area contributed by atoms with E-state index < -0.39 is 0 Å². The predicted octanol–water partition coefficient (Wildman–Crippen LogP) is 16.2. The van der Waals surface area contributed by atoms with Gasteiger partial charge in [0.25, 0.3) is 0 Å². The van der Waals surface area contributed by atoms with Gasteiger partial charge in [0, 0.05) is 55.6 Å². The van der Waals surface area contributed by atoms with Crippen LogP contribution in [-0.2, 0) is 0 Å². The normalized spacial score (nSPS) is 17.0. The summed E-state index contributed by atoms with van der Waals surface area (Å²) >= 11 is 0. The van der Waals surface area contributed by atoms with Crippen molar-refractivity contribution in [3.63, 3.8) is 0 Å². The molecule has 68 heavy (non-hydrogen) atoms. The van der Waals surface area contributed by atoms with Gasteiger partial charge in [0.1, 0.15) is 11.2 Å². The van der Waals surface area contributed by atoms with Crippen molar-refractivity contribution >= 4 is 49.3 Å². The number of hydrogen-bond donors (Lipinski definition) is 0. The number of hydrogen-bond acceptors (Lipinski definition) is 4. The van der Waals surface area contributed by atoms with Crippen LogP contribution in [0.1, 0.15) is 54.5 Å². The molecule has 0 fully saturated rings. The molecule has 0 radical (unpaired) electrons. The van der Waals surface area contributed by atoms with Gasteiger partial charge in [-0.15, -0.1) is 0 Å². The Balaban J connectivity index is 1.09. The Morgan fingerprint density at radius 1 is 0.529 bits per heavy atom. The lowest BCUT2D eigenvalue weighted by Gasteiger charge is -2.25. The van der Waals surface area contributed by atoms with Crippen LogP contribution in [0.15, 0.2) is 234 Å². The summed E-state index contributed by atoms with van der Waals surface area (Å²) in [6, 6.07) is 58.3. The fraction of sp³-hybridized carbons (Fsp3) is 0.0952. The van der Waals surface area contributed by atoms with Crippen LogP contribution in [0.5, 0.6) is 0 Å². The maximum atomic E-state index is 6.50. The van der Waals surface area contributed by atoms with Crippen molar-refractivity contribution in [3.05, 3.63) is 247 Å². The van der Waals surface area contributed by atoms with Crippen LogP contribution in [0.25, 0.3) is 88.9 Å². The number of benzene rings is 7. The van der Waals surface area contributed by atoms with E-state index >= 15 is 0 Å². The Morgan fingerprint density at radius 3 is 2.03 bits per heavy atom. The van der Waals surface area contributed by atoms with E-state index in [1.54, 1.807) is 0 Å². The molecule has 5 heteroatoms. The zero-order chi connectivity index (χ0) is 45.0. The Hall–Kier alpha value is -8.41. The number of nitrogens with zero attached hydrogens (tertiary/aromatic N) is 4. The highest BCUT2D eigenvalue weighted by Crippen LogP contribution is 2.47. The van der Waals surface area contributed by atoms with Gasteiger partial charge in [-0.2, -0.15) is 0 Å². The molecular weight excluding hydrogens is 829 g/mol. The largest absolute Gasteiger partial charge is 0.456 e. The minimum Gasteiger partial charge on any atom is -0.456 e. The summed E-state index contributed by atoms with van der Waals surface area (Å²) in [6.45, 7) is 0. The summed E-state index contributed by atoms with van der Waals surface area (Å²) in [5.74, 6) is 2.21. The lowest BCUT2D eigenvalue weighted by molar-refractivity contribution is 0.669. The fourth-order valence-electron chi connectivity index (χ4n) is 10.8. The van der Waals surface area contributed by atoms with Crippen LogP contribution in [-0.4, -0.2) is 19.5 Å². The molecule has 0 aliphatic heterocycles. The standard InChI is InChI=1S/C63H46N4O/c1-6-20-41(21-7-1)46-36-47(42-22-8-2-9-23-42)38-48(37-46)62-64-61(45-28-14-5-15-29-45)65-63(66-62)49-39-52(43-24-10-3-11-25-43)60(53(40-49)44-26-12-4-13-27-44)67-54-32-18-16-30-50(54)58-55(67)34-35-57-59(58)51-31-17-19-33-56(51)68-57/h1-8,10-22,24-26,28-35,37-40,44,46H,9,23,27,36H2. The average molecular weight is 875 g/mol. The van der Waals surface area contributed by atoms with Crippen molar-refractivity contribution in [1.82, 2.24) is 19.5 Å². The number of allylic oxidation sites excluding steroid dienone is 12. The van der Waals surface area contributed by atoms with Gasteiger partial charge in [-0.1, -0.05) is 176 Å². The maximum absolute atomic E-state index is 6.50. The number of rotatable bonds is 8. The van der Waals surface area contributed by atoms with E-state index in [1.165, 1.54) is 33.0 Å². The molecule has 3 aliphatic carbocycles. The van der Waals surface area contributed by atoms with E-state index in [-0.39, 0.29) is 11.8 Å². The smallest absolute Gasteiger partial charge is 0.164 e. The van der Waals surface area contributed by atoms with Crippen LogP contribution in [0, 0.1) is 0 Å². The first-order valence-corrected chi connectivity index (χ1v) is 23.8. The third-order valence-corrected chi connectivity index (χ3v) is 14.0. The monoisotopic (exact) mass is 874 g/mol. The topological polar surface area (TPSA) is 56.7 Å². The number of para-hydroxylation sites is 2. The molecular formula is C63H46N4O. The Labute approximate surface area is 395 Å². The van der Waals surface area contributed by atoms with Gasteiger partial charge in [0.15, 0.2) is 17.5 Å². The van der Waals surface area contributed by atoms with E-state index in [0.29, 0.717) is 17.5 Å². The summed E-state index contributed by atoms with van der Waals surface area (Å²) in [4.78, 5) is 16.2. The molecule has 0 spiro atoms. The van der Waals surface area contributed by atoms with E-state index in [9.17, 15) is 0 Å². The summed E-state index contributed by atoms with van der Waals surface area (Å²) in [5.41, 5.74) is 15.5. The van der Waals surface area contributed by atoms with Gasteiger partial charge in [-0.3, -0.25) is 0 Å². The maximum Gasteiger partial charge on any atom is 0.164 e. The van der Waals surface area contributed by atoms with Gasteiger partial charge >= 0.3 is 0 Å². The minimum absolute atomic E-state index is 0.0815. The predicted molar refractivity (Wildman–Crippen MR) is 280 cm³/mol. The lowest BCUT2D eigenvalue weighted by Crippen LogP contribution is -2.10. The molecule has 0 saturated carbocycles. The zero-order valence-electron chi connectivity index (χ0n) is 37.5. The molecule has 3 heterocycles. The Kier molecular flexibility index (Phi) is 9.85. The molecule has 7 aromatic carbocycles. The first-order valence-electron chi connectivity index (χ1n) is 23.8. The summed E-state index contributed by atoms with van der Waals surface area (Å²) in [7, 11) is 0. The second kappa shape index (κ2) is 16.8. The van der Waals surface area contributed by atoms with Crippen molar-refractivity contribution in [2.24, 2.45) is 0 Å². The van der Waals surface area contributed by atoms with Crippen molar-refractivity contribution < 1.29 is 4.42 Å². The summed E-state index contributed by atoms with van der Waals surface area (Å²) in [5, 5.41) is 4.63. The quantitative estimate of drug-likeness (QED) is 0.153. The Morgan fingerprint density at radius 2 is 1.25 bits per heavy atom. The highest BCUT2D eigenvalue weighted by molar-refractivity contribution is 6.27. The van der Waals surface area contributed by atoms with Crippen LogP contribution in [0.4, 0.5) is 0 Å². The highest BCUT2D eigenvalue weighted by Gasteiger charge is 2.28. The van der Waals surface area contributed by atoms with E-state index in [2.05, 4.69) is 211 Å². The van der Waals surface area contributed by atoms with E-state index in [4.69, 9.17) is 19.4 Å². The van der Waals surface area contributed by atoms with Crippen molar-refractivity contribution in [1.29, 1.82) is 0 Å². The van der Waals surface area contributed by atoms with Gasteiger partial charge in [0.05, 0.1) is 16.7 Å². The van der Waals surface area contributed by atoms with Crippen LogP contribution < -0.4 is 0 Å². The molecule has 0 bridgehead atoms. The average Bonchev–Trinajstić information content (AvgIpc) is 3.97. The number of fused-ring (bicyclic) bond motifs is 7. The molecule has 13 rings (SSSR count). The molecule has 2 unspecified atom stereocenters. The molecule has 2 atom stereocenters. The summed E-state index contributed by atoms with van der Waals surface area (Å²) in [6.07, 6.45) is 24.3. The second-order valence-corrected chi connectivity index (χ2v) is 18.1. The van der Waals surface area contributed by atoms with Gasteiger partial charge in [0.2, 0.25) is 0 Å². The number of aromatic nitrogens is 4. The van der Waals surface area contributed by atoms with Crippen LogP contribution in [0.2, 0.25) is 0 Å². The molecule has 0 amide bonds. The molecule has 5 nitrogen and oxygen atoms in total. The zero-order valence-corrected chi connectivity index (χ0v) is 37.5. The molecule has 3 aliphatic rings. The second-order valence-electron chi connectivity index (χ2n) is 18.1. The van der Waals surface area contributed by atoms with Crippen molar-refractivity contribution in [2.45, 2.75) is 37.5 Å². The minimum atomic E-state index is 0.0815. The van der Waals surface area contributed by atoms with E-state index in [1.807, 2.05) is 12.1 Å². The first-order chi connectivity index (χ1) is 33.7. The van der Waals surface area contributed by atoms with E-state index in [0.717, 1.165) is 92.2 Å². The molecule has 324 valence electrons. The number of furan rings is 1. The van der Waals surface area contributed by atoms with Gasteiger partial charge in [-0.05, 0) is 96.0 Å². The van der Waals surface area contributed by atoms with Crippen LogP contribution in [0.3, 0.4) is 0 Å². The molecule has 10 aromatic rings. The van der Waals surface area contributed by atoms with Gasteiger partial charge in [-0.25, -0.2) is 15.0 Å². The third kappa shape index (κ3) is 6.98. The summed E-state index contributed by atoms with van der Waals surface area (Å²) < 4.78 is 9.01. The van der Waals surface area contributed by atoms with Crippen LogP contribution >= 0.6 is 0 Å². The highest BCUT2D eigenvalue weighted by atomic mass is 16.3. The van der Waals surface area contributed by atoms with Crippen molar-refractivity contribution in [2.75, 3.05) is 0 Å². The molecule has 0 saturated heterocycles. The van der Waals surface area contributed by atoms with Crippen molar-refractivity contribution in [3.8, 4) is 39.6 Å². The lowest BCUT2D eigenvalue weighted by atomic mass is 9.81. The van der Waals surface area contributed by atoms with Gasteiger partial charge < -0.3 is 8.98 Å². The molecule has 3 aromatic heterocycles. The first kappa shape index (κ1) is 39.9. The third-order valence-electron chi connectivity index (χ3n) is 14.0. The Bertz CT molecular complexity index is 3790.